The average Bonchev–Trinajstić information content (AvgIpc) is 3.28. The van der Waals surface area contributed by atoms with E-state index >= 15 is 0 Å². The molecular weight excluding hydrogens is 549 g/mol. The molecule has 7 nitrogen and oxygen atoms in total. The number of hydrogen-bond acceptors (Lipinski definition) is 4. The molecule has 1 aromatic carbocycles. The van der Waals surface area contributed by atoms with Crippen molar-refractivity contribution in [3.05, 3.63) is 68.8 Å². The molecule has 1 amide bonds. The third-order valence-electron chi connectivity index (χ3n) is 5.80. The van der Waals surface area contributed by atoms with Gasteiger partial charge in [0.2, 0.25) is 5.91 Å². The Kier molecular flexibility index (Phi) is 6.89. The number of methoxy groups -OCH3 is 1. The molecule has 0 spiro atoms. The van der Waals surface area contributed by atoms with Crippen molar-refractivity contribution >= 4 is 57.2 Å². The van der Waals surface area contributed by atoms with Gasteiger partial charge < -0.3 is 25.3 Å². The van der Waals surface area contributed by atoms with Gasteiger partial charge in [-0.25, -0.2) is 0 Å². The van der Waals surface area contributed by atoms with Crippen LogP contribution in [0.15, 0.2) is 42.6 Å². The summed E-state index contributed by atoms with van der Waals surface area (Å²) in [7, 11) is 1.60. The Balaban J connectivity index is 1.84. The van der Waals surface area contributed by atoms with E-state index in [0.29, 0.717) is 23.0 Å². The third kappa shape index (κ3) is 4.43. The van der Waals surface area contributed by atoms with Gasteiger partial charge in [0.1, 0.15) is 5.75 Å². The highest BCUT2D eigenvalue weighted by Crippen LogP contribution is 2.45. The van der Waals surface area contributed by atoms with E-state index in [-0.39, 0.29) is 18.0 Å². The number of ether oxygens (including phenoxy) is 1. The van der Waals surface area contributed by atoms with Crippen LogP contribution < -0.4 is 20.3 Å². The predicted molar refractivity (Wildman–Crippen MR) is 143 cm³/mol. The Labute approximate surface area is 212 Å². The summed E-state index contributed by atoms with van der Waals surface area (Å²) in [5, 5.41) is 6.99. The lowest BCUT2D eigenvalue weighted by Crippen LogP contribution is -2.30. The number of carbonyl (C=O) groups is 1. The van der Waals surface area contributed by atoms with E-state index in [2.05, 4.69) is 61.9 Å². The Morgan fingerprint density at radius 1 is 1.27 bits per heavy atom. The van der Waals surface area contributed by atoms with E-state index in [9.17, 15) is 4.79 Å². The molecular formula is C24H26IN5O2S. The first kappa shape index (κ1) is 23.5. The molecule has 1 fully saturated rings. The summed E-state index contributed by atoms with van der Waals surface area (Å²) in [5.74, 6) is 0.509. The van der Waals surface area contributed by atoms with Gasteiger partial charge in [0.15, 0.2) is 5.11 Å². The lowest BCUT2D eigenvalue weighted by molar-refractivity contribution is -0.115. The molecule has 1 aliphatic rings. The average molecular weight is 575 g/mol. The monoisotopic (exact) mass is 575 g/mol. The van der Waals surface area contributed by atoms with Gasteiger partial charge in [-0.1, -0.05) is 13.0 Å². The van der Waals surface area contributed by atoms with Crippen molar-refractivity contribution in [2.45, 2.75) is 39.3 Å². The number of nitrogens with one attached hydrogen (secondary N) is 3. The fourth-order valence-corrected chi connectivity index (χ4v) is 5.42. The number of anilines is 2. The Morgan fingerprint density at radius 3 is 2.67 bits per heavy atom. The number of hydrogen-bond donors (Lipinski definition) is 3. The van der Waals surface area contributed by atoms with E-state index in [1.807, 2.05) is 43.3 Å². The minimum atomic E-state index is -0.133. The van der Waals surface area contributed by atoms with Crippen LogP contribution in [0, 0.1) is 17.4 Å². The molecule has 4 rings (SSSR count). The molecule has 0 bridgehead atoms. The quantitative estimate of drug-likeness (QED) is 0.278. The summed E-state index contributed by atoms with van der Waals surface area (Å²) >= 11 is 8.23. The van der Waals surface area contributed by atoms with Crippen LogP contribution >= 0.6 is 34.8 Å². The number of rotatable bonds is 6. The number of aromatic amines is 1. The second-order valence-corrected chi connectivity index (χ2v) is 9.35. The molecule has 3 N–H and O–H groups in total. The summed E-state index contributed by atoms with van der Waals surface area (Å²) in [6.07, 6.45) is 2.19. The smallest absolute Gasteiger partial charge is 0.224 e. The van der Waals surface area contributed by atoms with Crippen molar-refractivity contribution in [2.24, 2.45) is 0 Å². The Bertz CT molecular complexity index is 1200. The highest BCUT2D eigenvalue weighted by Gasteiger charge is 2.43. The third-order valence-corrected chi connectivity index (χ3v) is 7.50. The standard InChI is InChI=1S/C24H26IN5O2S/c1-5-19(31)28-16-10-9-15(12-18(16)32-4)30-23(20-13(2)27-14(3)21(20)25)22(29-24(30)33)17-8-6-7-11-26-17/h6-12,22-23,27H,5H2,1-4H3,(H,28,31)(H,29,33)/t22-,23-/m0/s1. The molecule has 0 radical (unpaired) electrons. The van der Waals surface area contributed by atoms with Crippen molar-refractivity contribution in [3.8, 4) is 5.75 Å². The van der Waals surface area contributed by atoms with Crippen molar-refractivity contribution in [3.63, 3.8) is 0 Å². The first-order chi connectivity index (χ1) is 15.8. The fraction of sp³-hybridized carbons (Fsp3) is 0.292. The predicted octanol–water partition coefficient (Wildman–Crippen LogP) is 5.17. The zero-order chi connectivity index (χ0) is 23.7. The lowest BCUT2D eigenvalue weighted by atomic mass is 9.96. The summed E-state index contributed by atoms with van der Waals surface area (Å²) in [6, 6.07) is 11.4. The van der Waals surface area contributed by atoms with Crippen molar-refractivity contribution in [1.82, 2.24) is 15.3 Å². The molecule has 0 unspecified atom stereocenters. The molecule has 0 saturated carbocycles. The maximum atomic E-state index is 11.9. The van der Waals surface area contributed by atoms with Crippen molar-refractivity contribution in [2.75, 3.05) is 17.3 Å². The Morgan fingerprint density at radius 2 is 2.06 bits per heavy atom. The van der Waals surface area contributed by atoms with E-state index in [4.69, 9.17) is 17.0 Å². The highest BCUT2D eigenvalue weighted by atomic mass is 127. The number of nitrogens with zero attached hydrogens (tertiary/aromatic N) is 2. The van der Waals surface area contributed by atoms with Crippen LogP contribution in [0.3, 0.4) is 0 Å². The van der Waals surface area contributed by atoms with E-state index in [1.165, 1.54) is 9.13 Å². The molecule has 2 atom stereocenters. The van der Waals surface area contributed by atoms with Crippen LogP contribution in [0.2, 0.25) is 0 Å². The number of aryl methyl sites for hydroxylation is 2. The number of halogens is 1. The van der Waals surface area contributed by atoms with Crippen LogP contribution in [0.1, 0.15) is 48.1 Å². The summed E-state index contributed by atoms with van der Waals surface area (Å²) < 4.78 is 6.78. The number of pyridine rings is 1. The van der Waals surface area contributed by atoms with Gasteiger partial charge in [-0.2, -0.15) is 0 Å². The fourth-order valence-electron chi connectivity index (χ4n) is 4.22. The Hall–Kier alpha value is -2.66. The number of H-pyrrole nitrogens is 1. The van der Waals surface area contributed by atoms with Gasteiger partial charge in [-0.15, -0.1) is 0 Å². The number of thiocarbonyl (C=S) groups is 1. The molecule has 3 aromatic rings. The van der Waals surface area contributed by atoms with Gasteiger partial charge in [0, 0.05) is 44.9 Å². The van der Waals surface area contributed by atoms with E-state index in [1.54, 1.807) is 13.3 Å². The number of carbonyl (C=O) groups excluding carboxylic acids is 1. The minimum Gasteiger partial charge on any atom is -0.494 e. The van der Waals surface area contributed by atoms with Crippen molar-refractivity contribution < 1.29 is 9.53 Å². The van der Waals surface area contributed by atoms with E-state index < -0.39 is 0 Å². The number of amides is 1. The molecule has 172 valence electrons. The van der Waals surface area contributed by atoms with Gasteiger partial charge in [0.05, 0.1) is 30.6 Å². The molecule has 1 saturated heterocycles. The van der Waals surface area contributed by atoms with Gasteiger partial charge in [0.25, 0.3) is 0 Å². The molecule has 3 heterocycles. The van der Waals surface area contributed by atoms with Crippen LogP contribution in [0.25, 0.3) is 0 Å². The molecule has 9 heteroatoms. The number of benzene rings is 1. The van der Waals surface area contributed by atoms with Gasteiger partial charge in [-0.3, -0.25) is 9.78 Å². The summed E-state index contributed by atoms with van der Waals surface area (Å²) in [4.78, 5) is 22.1. The summed E-state index contributed by atoms with van der Waals surface area (Å²) in [5.41, 5.74) is 5.82. The highest BCUT2D eigenvalue weighted by molar-refractivity contribution is 14.1. The normalized spacial score (nSPS) is 17.7. The van der Waals surface area contributed by atoms with Gasteiger partial charge in [-0.05, 0) is 72.9 Å². The molecule has 0 aliphatic carbocycles. The zero-order valence-corrected chi connectivity index (χ0v) is 21.9. The summed E-state index contributed by atoms with van der Waals surface area (Å²) in [6.45, 7) is 5.98. The molecule has 33 heavy (non-hydrogen) atoms. The van der Waals surface area contributed by atoms with Crippen LogP contribution in [0.4, 0.5) is 11.4 Å². The zero-order valence-electron chi connectivity index (χ0n) is 18.9. The largest absolute Gasteiger partial charge is 0.494 e. The van der Waals surface area contributed by atoms with Gasteiger partial charge >= 0.3 is 0 Å². The second-order valence-electron chi connectivity index (χ2n) is 7.89. The first-order valence-corrected chi connectivity index (χ1v) is 12.2. The topological polar surface area (TPSA) is 82.3 Å². The molecule has 2 aromatic heterocycles. The van der Waals surface area contributed by atoms with Crippen LogP contribution in [0.5, 0.6) is 5.75 Å². The number of aromatic nitrogens is 2. The second kappa shape index (κ2) is 9.68. The minimum absolute atomic E-state index is 0.0690. The molecule has 1 aliphatic heterocycles. The van der Waals surface area contributed by atoms with Crippen LogP contribution in [-0.4, -0.2) is 28.1 Å². The first-order valence-electron chi connectivity index (χ1n) is 10.7. The SMILES string of the molecule is CCC(=O)Nc1ccc(N2C(=S)N[C@@H](c3ccccn3)[C@@H]2c2c(C)[nH]c(C)c2I)cc1OC. The van der Waals surface area contributed by atoms with Crippen LogP contribution in [-0.2, 0) is 4.79 Å². The lowest BCUT2D eigenvalue weighted by Gasteiger charge is -2.29. The maximum absolute atomic E-state index is 11.9. The van der Waals surface area contributed by atoms with Crippen molar-refractivity contribution in [1.29, 1.82) is 0 Å². The maximum Gasteiger partial charge on any atom is 0.224 e. The van der Waals surface area contributed by atoms with E-state index in [0.717, 1.165) is 22.8 Å².